The van der Waals surface area contributed by atoms with E-state index in [1.54, 1.807) is 34.5 Å². The van der Waals surface area contributed by atoms with Gasteiger partial charge in [0.2, 0.25) is 0 Å². The first-order valence-corrected chi connectivity index (χ1v) is 17.4. The van der Waals surface area contributed by atoms with E-state index in [2.05, 4.69) is 87.6 Å². The van der Waals surface area contributed by atoms with Gasteiger partial charge in [0.1, 0.15) is 0 Å². The quantitative estimate of drug-likeness (QED) is 0.262. The number of aryl methyl sites for hydroxylation is 2. The van der Waals surface area contributed by atoms with E-state index in [1.807, 2.05) is 0 Å². The number of rotatable bonds is 2. The van der Waals surface area contributed by atoms with E-state index in [0.717, 1.165) is 11.8 Å². The Hall–Kier alpha value is -0.660. The molecule has 0 bridgehead atoms. The fourth-order valence-electron chi connectivity index (χ4n) is 4.32. The average molecular weight is 559 g/mol. The number of benzene rings is 2. The fourth-order valence-corrected chi connectivity index (χ4v) is 4.32. The molecule has 4 aromatic carbocycles. The first-order chi connectivity index (χ1) is 14.4. The van der Waals surface area contributed by atoms with Gasteiger partial charge in [0, 0.05) is 0 Å². The Morgan fingerprint density at radius 2 is 1.06 bits per heavy atom. The van der Waals surface area contributed by atoms with E-state index in [9.17, 15) is 0 Å². The van der Waals surface area contributed by atoms with Crippen molar-refractivity contribution < 1.29 is 48.1 Å². The van der Waals surface area contributed by atoms with Crippen LogP contribution in [0, 0.1) is 13.8 Å². The third-order valence-electron chi connectivity index (χ3n) is 5.89. The summed E-state index contributed by atoms with van der Waals surface area (Å²) in [6.45, 7) is 8.97. The summed E-state index contributed by atoms with van der Waals surface area (Å²) in [5.41, 5.74) is 6.14. The Morgan fingerprint density at radius 3 is 1.38 bits per heavy atom. The normalized spacial score (nSPS) is 14.4. The van der Waals surface area contributed by atoms with Gasteiger partial charge in [-0.05, 0) is 37.5 Å². The van der Waals surface area contributed by atoms with Crippen molar-refractivity contribution in [3.63, 3.8) is 0 Å². The minimum Gasteiger partial charge on any atom is -1.00 e. The smallest absolute Gasteiger partial charge is 0.0251 e. The van der Waals surface area contributed by atoms with Gasteiger partial charge in [-0.25, -0.2) is 0 Å². The molecular weight excluding hydrogens is 527 g/mol. The Kier molecular flexibility index (Phi) is 10.5. The van der Waals surface area contributed by atoms with Crippen LogP contribution < -0.4 is 24.8 Å². The molecule has 32 heavy (non-hydrogen) atoms. The molecule has 0 heterocycles. The number of fused-ring (bicyclic) bond motifs is 2. The van der Waals surface area contributed by atoms with Gasteiger partial charge in [0.25, 0.3) is 0 Å². The molecule has 2 aliphatic rings. The van der Waals surface area contributed by atoms with Gasteiger partial charge in [-0.15, -0.1) is 69.1 Å². The van der Waals surface area contributed by atoms with Crippen molar-refractivity contribution in [2.24, 2.45) is 0 Å². The van der Waals surface area contributed by atoms with E-state index >= 15 is 0 Å². The Labute approximate surface area is 221 Å². The topological polar surface area (TPSA) is 0 Å². The molecule has 168 valence electrons. The van der Waals surface area contributed by atoms with Crippen LogP contribution in [0.5, 0.6) is 0 Å². The van der Waals surface area contributed by atoms with Crippen molar-refractivity contribution in [1.82, 2.24) is 0 Å². The van der Waals surface area contributed by atoms with Crippen LogP contribution in [0.4, 0.5) is 0 Å². The van der Waals surface area contributed by atoms with Gasteiger partial charge in [-0.2, -0.15) is 12.1 Å². The maximum Gasteiger partial charge on any atom is -0.0251 e. The van der Waals surface area contributed by atoms with Crippen molar-refractivity contribution in [2.75, 3.05) is 0 Å². The Morgan fingerprint density at radius 1 is 0.719 bits per heavy atom. The van der Waals surface area contributed by atoms with Gasteiger partial charge >= 0.3 is 41.9 Å². The van der Waals surface area contributed by atoms with Gasteiger partial charge < -0.3 is 24.8 Å². The second-order valence-corrected chi connectivity index (χ2v) is 18.7. The number of halogens is 2. The van der Waals surface area contributed by atoms with Crippen molar-refractivity contribution in [3.05, 3.63) is 82.9 Å². The van der Waals surface area contributed by atoms with Crippen LogP contribution in [0.15, 0.2) is 60.7 Å². The van der Waals surface area contributed by atoms with Crippen LogP contribution in [0.25, 0.3) is 21.5 Å². The molecule has 4 heteroatoms. The second kappa shape index (κ2) is 12.2. The molecule has 0 amide bonds. The molecule has 0 N–H and O–H groups in total. The number of hydrogen-bond acceptors (Lipinski definition) is 0. The van der Waals surface area contributed by atoms with E-state index in [4.69, 9.17) is 0 Å². The molecule has 0 aliphatic heterocycles. The van der Waals surface area contributed by atoms with Gasteiger partial charge in [-0.1, -0.05) is 37.1 Å². The molecule has 2 saturated carbocycles. The summed E-state index contributed by atoms with van der Waals surface area (Å²) in [5.74, 6) is 1.73. The molecule has 0 radical (unpaired) electrons. The average Bonchev–Trinajstić information content (AvgIpc) is 3.60. The second-order valence-electron chi connectivity index (χ2n) is 9.31. The van der Waals surface area contributed by atoms with Crippen LogP contribution in [-0.4, -0.2) is 5.43 Å². The summed E-state index contributed by atoms with van der Waals surface area (Å²) in [6.07, 6.45) is 5.57. The molecule has 0 aromatic heterocycles. The van der Waals surface area contributed by atoms with Gasteiger partial charge in [-0.3, -0.25) is 0 Å². The van der Waals surface area contributed by atoms with Gasteiger partial charge in [0.05, 0.1) is 0 Å². The zero-order valence-corrected chi connectivity index (χ0v) is 24.5. The van der Waals surface area contributed by atoms with E-state index in [-0.39, 0.29) is 30.2 Å². The summed E-state index contributed by atoms with van der Waals surface area (Å²) in [4.78, 5) is 0. The zero-order valence-electron chi connectivity index (χ0n) is 19.5. The largest absolute Gasteiger partial charge is 1.00 e. The molecule has 6 rings (SSSR count). The van der Waals surface area contributed by atoms with Crippen LogP contribution >= 0.6 is 0 Å². The minimum atomic E-state index is 0. The summed E-state index contributed by atoms with van der Waals surface area (Å²) < 4.78 is 0. The fraction of sp³-hybridized carbons (Fsp3) is 0.357. The summed E-state index contributed by atoms with van der Waals surface area (Å²) in [5, 5.41) is 5.81. The summed E-state index contributed by atoms with van der Waals surface area (Å²) in [6, 6.07) is 22.6. The van der Waals surface area contributed by atoms with Crippen LogP contribution in [0.3, 0.4) is 0 Å². The molecule has 0 saturated heterocycles. The predicted octanol–water partition coefficient (Wildman–Crippen LogP) is 2.28. The Balaban J connectivity index is 0.000000185. The van der Waals surface area contributed by atoms with Crippen LogP contribution in [0.1, 0.15) is 59.8 Å². The molecule has 2 aliphatic carbocycles. The first-order valence-electron chi connectivity index (χ1n) is 11.3. The summed E-state index contributed by atoms with van der Waals surface area (Å²) >= 11 is 1.74. The molecule has 0 spiro atoms. The first kappa shape index (κ1) is 27.6. The van der Waals surface area contributed by atoms with Crippen molar-refractivity contribution in [1.29, 1.82) is 0 Å². The molecule has 4 aromatic rings. The van der Waals surface area contributed by atoms with E-state index < -0.39 is 0 Å². The zero-order chi connectivity index (χ0) is 21.3. The standard InChI is InChI=1S/2C13H13.C2H6Si.2ClH.Zr/c2*1-9-7-11-3-2-4-12(10-5-6-10)13(11)8-9;1-3-2;;;/h2*2-4,7-8,10H,5-6H2,1H3;1-2H3;2*1H;/q2*-1;;;;+2/p-2. The van der Waals surface area contributed by atoms with Crippen molar-refractivity contribution in [3.8, 4) is 0 Å². The third-order valence-corrected chi connectivity index (χ3v) is 5.89. The third kappa shape index (κ3) is 7.17. The van der Waals surface area contributed by atoms with Crippen LogP contribution in [-0.2, 0) is 23.3 Å². The Bertz CT molecular complexity index is 1090. The molecule has 2 fully saturated rings. The van der Waals surface area contributed by atoms with Gasteiger partial charge in [0.15, 0.2) is 0 Å². The summed E-state index contributed by atoms with van der Waals surface area (Å²) in [7, 11) is 0. The van der Waals surface area contributed by atoms with Crippen molar-refractivity contribution >= 4 is 27.0 Å². The van der Waals surface area contributed by atoms with Crippen molar-refractivity contribution in [2.45, 2.75) is 64.5 Å². The number of hydrogen-bond donors (Lipinski definition) is 0. The monoisotopic (exact) mass is 556 g/mol. The maximum absolute atomic E-state index is 2.32. The minimum absolute atomic E-state index is 0. The molecule has 0 atom stereocenters. The maximum atomic E-state index is 2.32. The van der Waals surface area contributed by atoms with E-state index in [1.165, 1.54) is 58.4 Å². The molecule has 0 unspecified atom stereocenters. The van der Waals surface area contributed by atoms with E-state index in [0.29, 0.717) is 0 Å². The molecular formula is C28H32Cl2SiZr-2. The SMILES string of the molecule is C[Si](C)=[Zr+2].Cc1cc2c(C3CC3)cccc2[cH-]1.Cc1cc2c(C3CC3)cccc2[cH-]1.[Cl-].[Cl-]. The molecule has 0 nitrogen and oxygen atoms in total. The predicted molar refractivity (Wildman–Crippen MR) is 130 cm³/mol. The van der Waals surface area contributed by atoms with Crippen LogP contribution in [0.2, 0.25) is 13.1 Å².